The van der Waals surface area contributed by atoms with Crippen molar-refractivity contribution < 1.29 is 19.1 Å². The molecule has 0 aliphatic carbocycles. The van der Waals surface area contributed by atoms with E-state index in [2.05, 4.69) is 25.1 Å². The van der Waals surface area contributed by atoms with E-state index in [-0.39, 0.29) is 5.91 Å². The fraction of sp³-hybridized carbons (Fsp3) is 0.400. The maximum atomic E-state index is 13.3. The lowest BCUT2D eigenvalue weighted by atomic mass is 9.97. The summed E-state index contributed by atoms with van der Waals surface area (Å²) >= 11 is 1.43. The van der Waals surface area contributed by atoms with Gasteiger partial charge >= 0.3 is 5.97 Å². The van der Waals surface area contributed by atoms with Gasteiger partial charge in [-0.15, -0.1) is 11.3 Å². The molecular weight excluding hydrogens is 568 g/mol. The number of anilines is 3. The van der Waals surface area contributed by atoms with Crippen molar-refractivity contribution in [3.8, 4) is 11.4 Å². The molecule has 2 fully saturated rings. The summed E-state index contributed by atoms with van der Waals surface area (Å²) in [4.78, 5) is 48.5. The normalized spacial score (nSPS) is 15.9. The minimum absolute atomic E-state index is 0.106. The molecule has 0 radical (unpaired) electrons. The minimum atomic E-state index is -0.422. The Kier molecular flexibility index (Phi) is 8.61. The van der Waals surface area contributed by atoms with Crippen molar-refractivity contribution in [3.05, 3.63) is 53.2 Å². The molecule has 12 nitrogen and oxygen atoms in total. The number of nitrogens with one attached hydrogen (secondary N) is 1. The molecule has 0 saturated carbocycles. The number of morpholine rings is 1. The highest BCUT2D eigenvalue weighted by Gasteiger charge is 2.24. The van der Waals surface area contributed by atoms with Crippen molar-refractivity contribution in [1.82, 2.24) is 25.3 Å². The van der Waals surface area contributed by atoms with Crippen LogP contribution >= 0.6 is 11.3 Å². The van der Waals surface area contributed by atoms with Gasteiger partial charge in [0.1, 0.15) is 0 Å². The van der Waals surface area contributed by atoms with Crippen LogP contribution in [0.25, 0.3) is 21.6 Å². The highest BCUT2D eigenvalue weighted by Crippen LogP contribution is 2.35. The Hall–Kier alpha value is -4.36. The smallest absolute Gasteiger partial charge is 0.341 e. The first kappa shape index (κ1) is 28.7. The zero-order valence-corrected chi connectivity index (χ0v) is 24.8. The number of fused-ring (bicyclic) bond motifs is 1. The summed E-state index contributed by atoms with van der Waals surface area (Å²) < 4.78 is 11.5. The fourth-order valence-corrected chi connectivity index (χ4v) is 6.27. The monoisotopic (exact) mass is 602 g/mol. The summed E-state index contributed by atoms with van der Waals surface area (Å²) in [5.74, 6) is 1.84. The molecule has 1 amide bonds. The lowest BCUT2D eigenvalue weighted by Gasteiger charge is -2.32. The largest absolute Gasteiger partial charge is 0.462 e. The highest BCUT2D eigenvalue weighted by atomic mass is 32.1. The third kappa shape index (κ3) is 6.52. The predicted octanol–water partition coefficient (Wildman–Crippen LogP) is 3.39. The van der Waals surface area contributed by atoms with Crippen LogP contribution in [0.3, 0.4) is 0 Å². The SMILES string of the molecule is CCOC(=O)c1cnc(N2CCC(CNC(=O)c3cc4nc(-c5ccc(N)cc5)nc(N5CCOCC5)c4s3)CC2)nc1. The van der Waals surface area contributed by atoms with Gasteiger partial charge < -0.3 is 30.3 Å². The fourth-order valence-electron chi connectivity index (χ4n) is 5.24. The zero-order chi connectivity index (χ0) is 29.8. The van der Waals surface area contributed by atoms with Gasteiger partial charge in [0.15, 0.2) is 11.6 Å². The van der Waals surface area contributed by atoms with Crippen molar-refractivity contribution in [2.45, 2.75) is 19.8 Å². The van der Waals surface area contributed by atoms with Crippen LogP contribution in [-0.4, -0.2) is 84.4 Å². The van der Waals surface area contributed by atoms with Crippen LogP contribution in [0, 0.1) is 5.92 Å². The summed E-state index contributed by atoms with van der Waals surface area (Å²) in [6.07, 6.45) is 4.80. The zero-order valence-electron chi connectivity index (χ0n) is 24.0. The second kappa shape index (κ2) is 12.9. The van der Waals surface area contributed by atoms with Gasteiger partial charge in [-0.05, 0) is 56.0 Å². The number of amides is 1. The number of thiophene rings is 1. The van der Waals surface area contributed by atoms with E-state index in [0.717, 1.165) is 60.6 Å². The van der Waals surface area contributed by atoms with Crippen LogP contribution in [-0.2, 0) is 9.47 Å². The first-order valence-corrected chi connectivity index (χ1v) is 15.3. The molecule has 1 aromatic carbocycles. The molecule has 3 aromatic heterocycles. The van der Waals surface area contributed by atoms with E-state index >= 15 is 0 Å². The summed E-state index contributed by atoms with van der Waals surface area (Å²) in [5, 5.41) is 3.14. The van der Waals surface area contributed by atoms with Crippen LogP contribution in [0.4, 0.5) is 17.5 Å². The van der Waals surface area contributed by atoms with Gasteiger partial charge in [-0.2, -0.15) is 0 Å². The highest BCUT2D eigenvalue weighted by molar-refractivity contribution is 7.21. The molecule has 2 aliphatic heterocycles. The molecule has 4 aromatic rings. The number of nitrogens with zero attached hydrogens (tertiary/aromatic N) is 6. The van der Waals surface area contributed by atoms with Crippen molar-refractivity contribution in [2.75, 3.05) is 68.1 Å². The Morgan fingerprint density at radius 1 is 1.05 bits per heavy atom. The maximum Gasteiger partial charge on any atom is 0.341 e. The molecule has 3 N–H and O–H groups in total. The number of nitrogen functional groups attached to an aromatic ring is 1. The Balaban J connectivity index is 1.11. The average Bonchev–Trinajstić information content (AvgIpc) is 3.49. The van der Waals surface area contributed by atoms with Gasteiger partial charge in [-0.1, -0.05) is 0 Å². The summed E-state index contributed by atoms with van der Waals surface area (Å²) in [5.41, 5.74) is 8.53. The minimum Gasteiger partial charge on any atom is -0.462 e. The Labute approximate surface area is 253 Å². The van der Waals surface area contributed by atoms with Gasteiger partial charge in [0.25, 0.3) is 5.91 Å². The molecule has 2 saturated heterocycles. The van der Waals surface area contributed by atoms with Gasteiger partial charge in [0.05, 0.1) is 40.5 Å². The Morgan fingerprint density at radius 3 is 2.47 bits per heavy atom. The second-order valence-corrected chi connectivity index (χ2v) is 11.6. The van der Waals surface area contributed by atoms with Gasteiger partial charge in [0, 0.05) is 56.4 Å². The van der Waals surface area contributed by atoms with Crippen LogP contribution in [0.1, 0.15) is 39.8 Å². The quantitative estimate of drug-likeness (QED) is 0.226. The van der Waals surface area contributed by atoms with Crippen LogP contribution in [0.15, 0.2) is 42.7 Å². The summed E-state index contributed by atoms with van der Waals surface area (Å²) in [6.45, 7) is 6.92. The first-order chi connectivity index (χ1) is 21.0. The summed E-state index contributed by atoms with van der Waals surface area (Å²) in [6, 6.07) is 9.36. The van der Waals surface area contributed by atoms with Crippen LogP contribution in [0.2, 0.25) is 0 Å². The molecular formula is C30H34N8O4S. The Bertz CT molecular complexity index is 1580. The number of ether oxygens (including phenoxy) is 2. The molecule has 5 heterocycles. The van der Waals surface area contributed by atoms with Crippen molar-refractivity contribution in [1.29, 1.82) is 0 Å². The number of benzene rings is 1. The van der Waals surface area contributed by atoms with E-state index in [9.17, 15) is 9.59 Å². The number of hydrogen-bond donors (Lipinski definition) is 2. The third-order valence-corrected chi connectivity index (χ3v) is 8.77. The average molecular weight is 603 g/mol. The van der Waals surface area contributed by atoms with Crippen molar-refractivity contribution in [3.63, 3.8) is 0 Å². The van der Waals surface area contributed by atoms with Gasteiger partial charge in [-0.3, -0.25) is 4.79 Å². The van der Waals surface area contributed by atoms with Crippen LogP contribution < -0.4 is 20.9 Å². The van der Waals surface area contributed by atoms with Crippen LogP contribution in [0.5, 0.6) is 0 Å². The summed E-state index contributed by atoms with van der Waals surface area (Å²) in [7, 11) is 0. The van der Waals surface area contributed by atoms with Crippen molar-refractivity contribution >= 4 is 50.9 Å². The van der Waals surface area contributed by atoms with Crippen molar-refractivity contribution in [2.24, 2.45) is 5.92 Å². The van der Waals surface area contributed by atoms with Gasteiger partial charge in [-0.25, -0.2) is 24.7 Å². The Morgan fingerprint density at radius 2 is 1.77 bits per heavy atom. The lowest BCUT2D eigenvalue weighted by Crippen LogP contribution is -2.39. The van der Waals surface area contributed by atoms with E-state index in [0.29, 0.717) is 60.2 Å². The maximum absolute atomic E-state index is 13.3. The lowest BCUT2D eigenvalue weighted by molar-refractivity contribution is 0.0525. The predicted molar refractivity (Wildman–Crippen MR) is 166 cm³/mol. The number of hydrogen-bond acceptors (Lipinski definition) is 12. The molecule has 2 aliphatic rings. The van der Waals surface area contributed by atoms with E-state index < -0.39 is 5.97 Å². The first-order valence-electron chi connectivity index (χ1n) is 14.5. The molecule has 224 valence electrons. The van der Waals surface area contributed by atoms with E-state index in [1.54, 1.807) is 6.92 Å². The number of aromatic nitrogens is 4. The van der Waals surface area contributed by atoms with E-state index in [1.165, 1.54) is 23.7 Å². The number of piperidine rings is 1. The molecule has 0 spiro atoms. The molecule has 0 bridgehead atoms. The molecule has 0 unspecified atom stereocenters. The molecule has 6 rings (SSSR count). The number of nitrogens with two attached hydrogens (primary N) is 1. The standard InChI is InChI=1S/C30H34N8O4S/c1-2-42-29(40)21-17-33-30(34-18-21)38-9-7-19(8-10-38)16-32-28(39)24-15-23-25(43-24)27(37-11-13-41-14-12-37)36-26(35-23)20-3-5-22(31)6-4-20/h3-6,15,17-19H,2,7-14,16,31H2,1H3,(H,32,39). The second-order valence-electron chi connectivity index (χ2n) is 10.5. The molecule has 13 heteroatoms. The molecule has 43 heavy (non-hydrogen) atoms. The topological polar surface area (TPSA) is 149 Å². The number of rotatable bonds is 8. The van der Waals surface area contributed by atoms with Gasteiger partial charge in [0.2, 0.25) is 5.95 Å². The number of esters is 1. The third-order valence-electron chi connectivity index (χ3n) is 7.66. The number of carbonyl (C=O) groups is 2. The number of carbonyl (C=O) groups excluding carboxylic acids is 2. The van der Waals surface area contributed by atoms with E-state index in [1.807, 2.05) is 30.3 Å². The molecule has 0 atom stereocenters. The van der Waals surface area contributed by atoms with E-state index in [4.69, 9.17) is 25.2 Å².